The second kappa shape index (κ2) is 10.9. The minimum Gasteiger partial charge on any atom is -0.457 e. The maximum Gasteiger partial charge on any atom is 0.416 e. The van der Waals surface area contributed by atoms with Gasteiger partial charge in [0.2, 0.25) is 5.92 Å². The molecule has 0 bridgehead atoms. The maximum absolute atomic E-state index is 14.4. The van der Waals surface area contributed by atoms with Crippen LogP contribution in [-0.4, -0.2) is 67.7 Å². The van der Waals surface area contributed by atoms with Crippen LogP contribution in [0.25, 0.3) is 10.9 Å². The fraction of sp³-hybridized carbons (Fsp3) is 0.571. The summed E-state index contributed by atoms with van der Waals surface area (Å²) in [6.07, 6.45) is -2.60. The number of aromatic nitrogens is 4. The fourth-order valence-electron chi connectivity index (χ4n) is 6.50. The molecule has 14 heteroatoms. The molecule has 0 radical (unpaired) electrons. The number of nitrogens with one attached hydrogen (secondary N) is 1. The van der Waals surface area contributed by atoms with E-state index in [2.05, 4.69) is 20.3 Å². The van der Waals surface area contributed by atoms with E-state index in [-0.39, 0.29) is 72.5 Å². The highest BCUT2D eigenvalue weighted by Crippen LogP contribution is 2.54. The first-order valence-electron chi connectivity index (χ1n) is 14.1. The van der Waals surface area contributed by atoms with E-state index in [1.807, 2.05) is 18.7 Å². The van der Waals surface area contributed by atoms with Crippen molar-refractivity contribution in [2.75, 3.05) is 23.7 Å². The number of hydrogen-bond acceptors (Lipinski definition) is 7. The zero-order valence-corrected chi connectivity index (χ0v) is 24.1. The Kier molecular flexibility index (Phi) is 7.57. The molecule has 6 rings (SSSR count). The van der Waals surface area contributed by atoms with Gasteiger partial charge >= 0.3 is 17.9 Å². The molecular weight excluding hydrogens is 579 g/mol. The monoisotopic (exact) mass is 612 g/mol. The average Bonchev–Trinajstić information content (AvgIpc) is 3.08. The van der Waals surface area contributed by atoms with Crippen LogP contribution in [0.5, 0.6) is 6.01 Å². The molecule has 2 aromatic heterocycles. The average molecular weight is 613 g/mol. The molecule has 42 heavy (non-hydrogen) atoms. The predicted molar refractivity (Wildman–Crippen MR) is 151 cm³/mol. The molecule has 1 saturated carbocycles. The fourth-order valence-corrected chi connectivity index (χ4v) is 9.72. The van der Waals surface area contributed by atoms with Gasteiger partial charge in [0.1, 0.15) is 11.9 Å². The van der Waals surface area contributed by atoms with Gasteiger partial charge in [-0.1, -0.05) is 0 Å². The lowest BCUT2D eigenvalue weighted by Crippen LogP contribution is -2.55. The number of nitrogens with zero attached hydrogens (tertiary/aromatic N) is 5. The summed E-state index contributed by atoms with van der Waals surface area (Å²) in [7, 11) is -1.45. The van der Waals surface area contributed by atoms with E-state index < -0.39 is 40.4 Å². The van der Waals surface area contributed by atoms with Crippen molar-refractivity contribution in [1.82, 2.24) is 24.8 Å². The molecule has 228 valence electrons. The van der Waals surface area contributed by atoms with Crippen molar-refractivity contribution in [1.29, 1.82) is 0 Å². The highest BCUT2D eigenvalue weighted by Gasteiger charge is 2.41. The minimum atomic E-state index is -4.66. The highest BCUT2D eigenvalue weighted by atomic mass is 32.2. The number of rotatable bonds is 4. The second-order valence-electron chi connectivity index (χ2n) is 11.6. The first-order chi connectivity index (χ1) is 19.9. The van der Waals surface area contributed by atoms with Gasteiger partial charge in [0.05, 0.1) is 17.6 Å². The van der Waals surface area contributed by atoms with Gasteiger partial charge < -0.3 is 15.0 Å². The van der Waals surface area contributed by atoms with Crippen molar-refractivity contribution >= 4 is 27.6 Å². The van der Waals surface area contributed by atoms with Crippen molar-refractivity contribution < 1.29 is 26.7 Å². The Bertz CT molecular complexity index is 1500. The molecule has 4 atom stereocenters. The van der Waals surface area contributed by atoms with Crippen LogP contribution in [0.4, 0.5) is 27.8 Å². The van der Waals surface area contributed by atoms with E-state index in [1.54, 1.807) is 6.07 Å². The standard InChI is InChI=1S/C28H33F5N6O2S/c1-16-12-38(13-17(2)36-16)24-21-10-18(28(31,32)33)11-22-23(21)39(26(40)37-24)14-19(41-25-34-8-3-9-35-25)15-42(22)20-4-6-27(29,30)7-5-20/h3,8-11,16-17,19-20,36,42H,4-7,12-15H2,1-2H3/t16-,17+,19?. The van der Waals surface area contributed by atoms with Crippen molar-refractivity contribution in [3.8, 4) is 6.01 Å². The molecule has 2 unspecified atom stereocenters. The van der Waals surface area contributed by atoms with Gasteiger partial charge in [-0.15, -0.1) is 0 Å². The Morgan fingerprint density at radius 1 is 1.05 bits per heavy atom. The smallest absolute Gasteiger partial charge is 0.416 e. The van der Waals surface area contributed by atoms with E-state index >= 15 is 0 Å². The Labute approximate surface area is 242 Å². The van der Waals surface area contributed by atoms with Gasteiger partial charge in [-0.05, 0) is 50.1 Å². The molecular formula is C28H33F5N6O2S. The van der Waals surface area contributed by atoms with Crippen molar-refractivity contribution in [2.45, 2.75) is 86.5 Å². The van der Waals surface area contributed by atoms with Crippen molar-refractivity contribution in [3.05, 3.63) is 46.6 Å². The molecule has 0 spiro atoms. The number of benzene rings is 1. The summed E-state index contributed by atoms with van der Waals surface area (Å²) in [5.41, 5.74) is -1.04. The number of ether oxygens (including phenoxy) is 1. The van der Waals surface area contributed by atoms with E-state index in [1.165, 1.54) is 17.0 Å². The van der Waals surface area contributed by atoms with E-state index in [0.29, 0.717) is 23.5 Å². The largest absolute Gasteiger partial charge is 0.457 e. The molecule has 1 saturated heterocycles. The van der Waals surface area contributed by atoms with E-state index in [9.17, 15) is 26.7 Å². The van der Waals surface area contributed by atoms with Crippen LogP contribution < -0.4 is 20.6 Å². The molecule has 8 nitrogen and oxygen atoms in total. The summed E-state index contributed by atoms with van der Waals surface area (Å²) in [6, 6.07) is 3.96. The Morgan fingerprint density at radius 2 is 1.71 bits per heavy atom. The van der Waals surface area contributed by atoms with Crippen LogP contribution in [0.1, 0.15) is 45.1 Å². The molecule has 2 aliphatic heterocycles. The topological polar surface area (TPSA) is 85.2 Å². The Balaban J connectivity index is 1.56. The van der Waals surface area contributed by atoms with Gasteiger partial charge in [-0.3, -0.25) is 4.57 Å². The number of alkyl halides is 5. The maximum atomic E-state index is 14.4. The third-order valence-corrected chi connectivity index (χ3v) is 11.4. The van der Waals surface area contributed by atoms with Gasteiger partial charge in [0.25, 0.3) is 0 Å². The second-order valence-corrected chi connectivity index (χ2v) is 14.1. The summed E-state index contributed by atoms with van der Waals surface area (Å²) in [5.74, 6) is -2.30. The van der Waals surface area contributed by atoms with Crippen LogP contribution in [0.15, 0.2) is 40.3 Å². The molecule has 2 fully saturated rings. The molecule has 1 aliphatic carbocycles. The first kappa shape index (κ1) is 29.1. The summed E-state index contributed by atoms with van der Waals surface area (Å²) < 4.78 is 79.2. The Morgan fingerprint density at radius 3 is 2.36 bits per heavy atom. The lowest BCUT2D eigenvalue weighted by molar-refractivity contribution is -0.137. The number of anilines is 1. The molecule has 1 N–H and O–H groups in total. The van der Waals surface area contributed by atoms with Crippen LogP contribution in [0.2, 0.25) is 0 Å². The van der Waals surface area contributed by atoms with Gasteiger partial charge in [0, 0.05) is 66.4 Å². The zero-order chi connectivity index (χ0) is 29.8. The number of hydrogen-bond donors (Lipinski definition) is 2. The van der Waals surface area contributed by atoms with Gasteiger partial charge in [-0.25, -0.2) is 34.4 Å². The third-order valence-electron chi connectivity index (χ3n) is 8.26. The van der Waals surface area contributed by atoms with Crippen LogP contribution in [-0.2, 0) is 12.7 Å². The van der Waals surface area contributed by atoms with E-state index in [0.717, 1.165) is 12.1 Å². The Hall–Kier alpha value is -3.00. The predicted octanol–water partition coefficient (Wildman–Crippen LogP) is 4.79. The van der Waals surface area contributed by atoms with Crippen LogP contribution in [0, 0.1) is 0 Å². The van der Waals surface area contributed by atoms with Crippen LogP contribution >= 0.6 is 10.9 Å². The number of thiol groups is 1. The lowest BCUT2D eigenvalue weighted by Gasteiger charge is -2.38. The quantitative estimate of drug-likeness (QED) is 0.324. The molecule has 3 aromatic rings. The summed E-state index contributed by atoms with van der Waals surface area (Å²) in [5, 5.41) is 3.38. The number of halogens is 5. The molecule has 4 heterocycles. The molecule has 3 aliphatic rings. The van der Waals surface area contributed by atoms with Crippen molar-refractivity contribution in [2.24, 2.45) is 0 Å². The van der Waals surface area contributed by atoms with Crippen molar-refractivity contribution in [3.63, 3.8) is 0 Å². The zero-order valence-electron chi connectivity index (χ0n) is 23.2. The lowest BCUT2D eigenvalue weighted by atomic mass is 9.96. The minimum absolute atomic E-state index is 0.0231. The molecule has 0 amide bonds. The van der Waals surface area contributed by atoms with Gasteiger partial charge in [-0.2, -0.15) is 18.2 Å². The SMILES string of the molecule is C[C@@H]1CN(c2nc(=O)n3c4c(cc(C(F)(F)F)cc24)[SH](C2CCC(F)(F)CC2)CC(Oc2ncccn2)C3)C[C@H](C)N1. The first-order valence-corrected chi connectivity index (χ1v) is 15.7. The summed E-state index contributed by atoms with van der Waals surface area (Å²) >= 11 is 0. The van der Waals surface area contributed by atoms with Gasteiger partial charge in [0.15, 0.2) is 0 Å². The summed E-state index contributed by atoms with van der Waals surface area (Å²) in [4.78, 5) is 28.6. The highest BCUT2D eigenvalue weighted by molar-refractivity contribution is 8.17. The number of piperazine rings is 1. The third kappa shape index (κ3) is 5.79. The van der Waals surface area contributed by atoms with E-state index in [4.69, 9.17) is 4.74 Å². The van der Waals surface area contributed by atoms with Crippen LogP contribution in [0.3, 0.4) is 0 Å². The molecule has 1 aromatic carbocycles. The normalized spacial score (nSPS) is 27.5. The summed E-state index contributed by atoms with van der Waals surface area (Å²) in [6.45, 7) is 4.89.